The molecule has 1 N–H and O–H groups in total. The first-order valence-corrected chi connectivity index (χ1v) is 7.39. The molecule has 1 heterocycles. The normalized spacial score (nSPS) is 10.2. The number of carbonyl (C=O) groups is 1. The van der Waals surface area contributed by atoms with Crippen LogP contribution in [0.4, 0.5) is 0 Å². The summed E-state index contributed by atoms with van der Waals surface area (Å²) in [5.74, 6) is 1.04. The van der Waals surface area contributed by atoms with Gasteiger partial charge in [-0.2, -0.15) is 11.8 Å². The van der Waals surface area contributed by atoms with E-state index in [1.807, 2.05) is 11.8 Å². The lowest BCUT2D eigenvalue weighted by Gasteiger charge is -2.05. The van der Waals surface area contributed by atoms with Crippen LogP contribution in [0, 0.1) is 0 Å². The largest absolute Gasteiger partial charge is 0.352 e. The third kappa shape index (κ3) is 5.41. The lowest BCUT2D eigenvalue weighted by molar-refractivity contribution is 0.0953. The van der Waals surface area contributed by atoms with Crippen molar-refractivity contribution in [2.45, 2.75) is 19.3 Å². The second-order valence-corrected chi connectivity index (χ2v) is 5.06. The zero-order valence-electron chi connectivity index (χ0n) is 9.91. The number of unbranched alkanes of at least 4 members (excludes halogenated alkanes) is 2. The molecule has 94 valence electrons. The summed E-state index contributed by atoms with van der Waals surface area (Å²) in [6, 6.07) is 1.62. The van der Waals surface area contributed by atoms with E-state index in [1.54, 1.807) is 12.3 Å². The van der Waals surface area contributed by atoms with Gasteiger partial charge in [-0.1, -0.05) is 18.0 Å². The van der Waals surface area contributed by atoms with Gasteiger partial charge in [0, 0.05) is 18.9 Å². The van der Waals surface area contributed by atoms with E-state index in [0.29, 0.717) is 17.1 Å². The van der Waals surface area contributed by atoms with Crippen LogP contribution < -0.4 is 5.32 Å². The van der Waals surface area contributed by atoms with E-state index in [0.717, 1.165) is 12.8 Å². The monoisotopic (exact) mass is 272 g/mol. The van der Waals surface area contributed by atoms with Gasteiger partial charge in [0.25, 0.3) is 5.91 Å². The lowest BCUT2D eigenvalue weighted by Crippen LogP contribution is -2.24. The molecule has 1 rings (SSSR count). The number of halogens is 1. The third-order valence-corrected chi connectivity index (χ3v) is 3.35. The van der Waals surface area contributed by atoms with Crippen molar-refractivity contribution in [3.05, 3.63) is 29.0 Å². The fourth-order valence-electron chi connectivity index (χ4n) is 1.39. The number of hydrogen-bond acceptors (Lipinski definition) is 3. The van der Waals surface area contributed by atoms with E-state index in [4.69, 9.17) is 11.6 Å². The molecule has 1 amide bonds. The highest BCUT2D eigenvalue weighted by molar-refractivity contribution is 7.98. The van der Waals surface area contributed by atoms with Crippen LogP contribution in [-0.4, -0.2) is 29.4 Å². The Bertz CT molecular complexity index is 360. The quantitative estimate of drug-likeness (QED) is 0.776. The Hall–Kier alpha value is -0.740. The predicted molar refractivity (Wildman–Crippen MR) is 73.8 cm³/mol. The minimum Gasteiger partial charge on any atom is -0.352 e. The number of nitrogens with zero attached hydrogens (tertiary/aromatic N) is 1. The number of carbonyl (C=O) groups excluding carboxylic acids is 1. The van der Waals surface area contributed by atoms with Gasteiger partial charge in [-0.05, 0) is 30.9 Å². The molecule has 0 fully saturated rings. The van der Waals surface area contributed by atoms with Crippen molar-refractivity contribution in [2.24, 2.45) is 0 Å². The second-order valence-electron chi connectivity index (χ2n) is 3.66. The standard InChI is InChI=1S/C12H17ClN2OS/c1-17-8-4-2-3-6-15-12(16)10-9-14-7-5-11(10)13/h5,7,9H,2-4,6,8H2,1H3,(H,15,16). The Labute approximate surface area is 111 Å². The number of amides is 1. The van der Waals surface area contributed by atoms with Gasteiger partial charge >= 0.3 is 0 Å². The highest BCUT2D eigenvalue weighted by atomic mass is 35.5. The first-order valence-electron chi connectivity index (χ1n) is 5.62. The predicted octanol–water partition coefficient (Wildman–Crippen LogP) is 3.00. The van der Waals surface area contributed by atoms with Crippen LogP contribution in [0.25, 0.3) is 0 Å². The molecule has 5 heteroatoms. The Kier molecular flexibility index (Phi) is 7.05. The van der Waals surface area contributed by atoms with Gasteiger partial charge in [0.2, 0.25) is 0 Å². The van der Waals surface area contributed by atoms with Crippen LogP contribution in [0.3, 0.4) is 0 Å². The summed E-state index contributed by atoms with van der Waals surface area (Å²) in [4.78, 5) is 15.6. The number of hydrogen-bond donors (Lipinski definition) is 1. The molecular weight excluding hydrogens is 256 g/mol. The van der Waals surface area contributed by atoms with Crippen LogP contribution in [0.1, 0.15) is 29.6 Å². The summed E-state index contributed by atoms with van der Waals surface area (Å²) >= 11 is 7.75. The van der Waals surface area contributed by atoms with Crippen molar-refractivity contribution < 1.29 is 4.79 Å². The van der Waals surface area contributed by atoms with Gasteiger partial charge in [-0.3, -0.25) is 9.78 Å². The van der Waals surface area contributed by atoms with Crippen LogP contribution in [0.2, 0.25) is 5.02 Å². The highest BCUT2D eigenvalue weighted by Crippen LogP contribution is 2.12. The van der Waals surface area contributed by atoms with Crippen molar-refractivity contribution in [3.8, 4) is 0 Å². The molecule has 1 aromatic heterocycles. The molecule has 0 radical (unpaired) electrons. The topological polar surface area (TPSA) is 42.0 Å². The molecule has 0 unspecified atom stereocenters. The first kappa shape index (κ1) is 14.3. The Morgan fingerprint density at radius 3 is 3.00 bits per heavy atom. The molecule has 0 aliphatic carbocycles. The third-order valence-electron chi connectivity index (χ3n) is 2.32. The average Bonchev–Trinajstić information content (AvgIpc) is 2.34. The van der Waals surface area contributed by atoms with Gasteiger partial charge in [0.1, 0.15) is 0 Å². The fraction of sp³-hybridized carbons (Fsp3) is 0.500. The number of thioether (sulfide) groups is 1. The Morgan fingerprint density at radius 1 is 1.47 bits per heavy atom. The van der Waals surface area contributed by atoms with E-state index in [1.165, 1.54) is 18.4 Å². The van der Waals surface area contributed by atoms with Crippen LogP contribution in [0.5, 0.6) is 0 Å². The molecule has 3 nitrogen and oxygen atoms in total. The second kappa shape index (κ2) is 8.37. The minimum absolute atomic E-state index is 0.145. The smallest absolute Gasteiger partial charge is 0.254 e. The van der Waals surface area contributed by atoms with Crippen molar-refractivity contribution in [1.29, 1.82) is 0 Å². The molecule has 17 heavy (non-hydrogen) atoms. The van der Waals surface area contributed by atoms with E-state index >= 15 is 0 Å². The first-order chi connectivity index (χ1) is 8.25. The molecule has 0 atom stereocenters. The highest BCUT2D eigenvalue weighted by Gasteiger charge is 2.08. The molecule has 0 aliphatic rings. The molecular formula is C12H17ClN2OS. The Morgan fingerprint density at radius 2 is 2.29 bits per heavy atom. The molecule has 0 saturated heterocycles. The fourth-order valence-corrected chi connectivity index (χ4v) is 2.07. The van der Waals surface area contributed by atoms with Crippen LogP contribution in [0.15, 0.2) is 18.5 Å². The van der Waals surface area contributed by atoms with Gasteiger partial charge < -0.3 is 5.32 Å². The van der Waals surface area contributed by atoms with Crippen LogP contribution in [-0.2, 0) is 0 Å². The molecule has 0 aliphatic heterocycles. The number of aromatic nitrogens is 1. The number of pyridine rings is 1. The van der Waals surface area contributed by atoms with Gasteiger partial charge in [-0.25, -0.2) is 0 Å². The zero-order chi connectivity index (χ0) is 12.5. The molecule has 0 aromatic carbocycles. The Balaban J connectivity index is 2.24. The summed E-state index contributed by atoms with van der Waals surface area (Å²) in [5.41, 5.74) is 0.443. The summed E-state index contributed by atoms with van der Waals surface area (Å²) in [6.07, 6.45) is 8.51. The maximum atomic E-state index is 11.7. The molecule has 0 spiro atoms. The van der Waals surface area contributed by atoms with E-state index < -0.39 is 0 Å². The molecule has 1 aromatic rings. The summed E-state index contributed by atoms with van der Waals surface area (Å²) in [5, 5.41) is 3.29. The van der Waals surface area contributed by atoms with Gasteiger partial charge in [-0.15, -0.1) is 0 Å². The zero-order valence-corrected chi connectivity index (χ0v) is 11.5. The van der Waals surface area contributed by atoms with Crippen molar-refractivity contribution in [2.75, 3.05) is 18.6 Å². The van der Waals surface area contributed by atoms with Crippen molar-refractivity contribution in [1.82, 2.24) is 10.3 Å². The maximum Gasteiger partial charge on any atom is 0.254 e. The SMILES string of the molecule is CSCCCCCNC(=O)c1cnccc1Cl. The number of nitrogens with one attached hydrogen (secondary N) is 1. The average molecular weight is 273 g/mol. The maximum absolute atomic E-state index is 11.7. The molecule has 0 saturated carbocycles. The van der Waals surface area contributed by atoms with E-state index in [2.05, 4.69) is 16.6 Å². The summed E-state index contributed by atoms with van der Waals surface area (Å²) in [6.45, 7) is 0.693. The lowest BCUT2D eigenvalue weighted by atomic mass is 10.2. The van der Waals surface area contributed by atoms with Gasteiger partial charge in [0.05, 0.1) is 10.6 Å². The van der Waals surface area contributed by atoms with Gasteiger partial charge in [0.15, 0.2) is 0 Å². The number of rotatable bonds is 7. The van der Waals surface area contributed by atoms with Crippen molar-refractivity contribution >= 4 is 29.3 Å². The molecule has 0 bridgehead atoms. The summed E-state index contributed by atoms with van der Waals surface area (Å²) < 4.78 is 0. The van der Waals surface area contributed by atoms with Crippen molar-refractivity contribution in [3.63, 3.8) is 0 Å². The minimum atomic E-state index is -0.145. The van der Waals surface area contributed by atoms with E-state index in [9.17, 15) is 4.79 Å². The van der Waals surface area contributed by atoms with Crippen LogP contribution >= 0.6 is 23.4 Å². The van der Waals surface area contributed by atoms with E-state index in [-0.39, 0.29) is 5.91 Å². The summed E-state index contributed by atoms with van der Waals surface area (Å²) in [7, 11) is 0.